The van der Waals surface area contributed by atoms with Crippen LogP contribution in [0.25, 0.3) is 0 Å². The fraction of sp³-hybridized carbons (Fsp3) is 0.235. The Morgan fingerprint density at radius 3 is 2.72 bits per heavy atom. The van der Waals surface area contributed by atoms with E-state index in [4.69, 9.17) is 18.0 Å². The van der Waals surface area contributed by atoms with Gasteiger partial charge in [0.2, 0.25) is 0 Å². The largest absolute Gasteiger partial charge is 0.365 e. The number of hydrogen-bond donors (Lipinski definition) is 3. The number of rotatable bonds is 3. The molecule has 1 aromatic carbocycles. The molecule has 1 aliphatic rings. The van der Waals surface area contributed by atoms with Gasteiger partial charge in [0.1, 0.15) is 10.8 Å². The van der Waals surface area contributed by atoms with E-state index in [1.54, 1.807) is 0 Å². The molecule has 0 radical (unpaired) electrons. The molecule has 8 heteroatoms. The molecule has 3 rings (SSSR count). The smallest absolute Gasteiger partial charge is 0.257 e. The number of halogens is 1. The van der Waals surface area contributed by atoms with Gasteiger partial charge in [-0.25, -0.2) is 4.39 Å². The molecule has 0 atom stereocenters. The van der Waals surface area contributed by atoms with Crippen LogP contribution in [0.1, 0.15) is 44.0 Å². The van der Waals surface area contributed by atoms with E-state index in [0.29, 0.717) is 10.6 Å². The minimum absolute atomic E-state index is 0.0374. The maximum atomic E-state index is 13.2. The molecular weight excluding hydrogens is 361 g/mol. The summed E-state index contributed by atoms with van der Waals surface area (Å²) in [6.45, 7) is 0. The van der Waals surface area contributed by atoms with Crippen LogP contribution >= 0.6 is 23.6 Å². The van der Waals surface area contributed by atoms with E-state index < -0.39 is 17.6 Å². The van der Waals surface area contributed by atoms with Gasteiger partial charge >= 0.3 is 0 Å². The predicted molar refractivity (Wildman–Crippen MR) is 99.6 cm³/mol. The fourth-order valence-electron chi connectivity index (χ4n) is 2.85. The van der Waals surface area contributed by atoms with E-state index in [-0.39, 0.29) is 10.7 Å². The number of aryl methyl sites for hydroxylation is 1. The number of benzene rings is 1. The predicted octanol–water partition coefficient (Wildman–Crippen LogP) is 2.99. The lowest BCUT2D eigenvalue weighted by Gasteiger charge is -2.11. The maximum Gasteiger partial charge on any atom is 0.257 e. The van der Waals surface area contributed by atoms with Crippen LogP contribution < -0.4 is 16.4 Å². The highest BCUT2D eigenvalue weighted by molar-refractivity contribution is 7.80. The van der Waals surface area contributed by atoms with Crippen LogP contribution in [0.2, 0.25) is 0 Å². The monoisotopic (exact) mass is 377 g/mol. The summed E-state index contributed by atoms with van der Waals surface area (Å²) < 4.78 is 13.2. The Morgan fingerprint density at radius 2 is 2.00 bits per heavy atom. The second-order valence-electron chi connectivity index (χ2n) is 5.70. The highest BCUT2D eigenvalue weighted by Crippen LogP contribution is 2.37. The number of fused-ring (bicyclic) bond motifs is 1. The van der Waals surface area contributed by atoms with Crippen molar-refractivity contribution >= 4 is 45.5 Å². The average Bonchev–Trinajstić information content (AvgIpc) is 2.92. The molecule has 0 aliphatic heterocycles. The fourth-order valence-corrected chi connectivity index (χ4v) is 4.41. The second kappa shape index (κ2) is 7.28. The summed E-state index contributed by atoms with van der Waals surface area (Å²) in [5.74, 6) is -1.55. The van der Waals surface area contributed by atoms with Gasteiger partial charge in [0, 0.05) is 10.4 Å². The Hall–Kier alpha value is -2.32. The summed E-state index contributed by atoms with van der Waals surface area (Å²) in [7, 11) is 0. The summed E-state index contributed by atoms with van der Waals surface area (Å²) in [5.41, 5.74) is 7.10. The minimum atomic E-state index is -0.529. The van der Waals surface area contributed by atoms with Crippen molar-refractivity contribution in [2.45, 2.75) is 25.7 Å². The highest BCUT2D eigenvalue weighted by Gasteiger charge is 2.24. The Kier molecular flexibility index (Phi) is 5.10. The summed E-state index contributed by atoms with van der Waals surface area (Å²) in [5, 5.41) is 5.96. The van der Waals surface area contributed by atoms with Gasteiger partial charge in [-0.1, -0.05) is 6.07 Å². The summed E-state index contributed by atoms with van der Waals surface area (Å²) in [6, 6.07) is 5.30. The summed E-state index contributed by atoms with van der Waals surface area (Å²) in [6.07, 6.45) is 3.81. The van der Waals surface area contributed by atoms with E-state index in [0.717, 1.165) is 42.2 Å². The molecule has 25 heavy (non-hydrogen) atoms. The zero-order chi connectivity index (χ0) is 18.0. The first-order chi connectivity index (χ1) is 12.0. The Morgan fingerprint density at radius 1 is 1.24 bits per heavy atom. The molecule has 0 saturated heterocycles. The van der Waals surface area contributed by atoms with Gasteiger partial charge in [-0.3, -0.25) is 14.9 Å². The van der Waals surface area contributed by atoms with Crippen molar-refractivity contribution < 1.29 is 14.0 Å². The van der Waals surface area contributed by atoms with Crippen LogP contribution in [-0.2, 0) is 12.8 Å². The number of thiophene rings is 1. The van der Waals surface area contributed by atoms with Gasteiger partial charge in [-0.05, 0) is 61.7 Å². The third kappa shape index (κ3) is 3.85. The third-order valence-corrected chi connectivity index (χ3v) is 5.37. The molecule has 0 fully saturated rings. The Bertz CT molecular complexity index is 864. The number of nitrogens with two attached hydrogens (primary N) is 1. The zero-order valence-electron chi connectivity index (χ0n) is 13.2. The molecule has 130 valence electrons. The molecular formula is C17H16FN3O2S2. The lowest BCUT2D eigenvalue weighted by Crippen LogP contribution is -2.34. The van der Waals surface area contributed by atoms with Crippen molar-refractivity contribution in [1.82, 2.24) is 5.32 Å². The zero-order valence-corrected chi connectivity index (χ0v) is 14.9. The van der Waals surface area contributed by atoms with Gasteiger partial charge in [-0.2, -0.15) is 0 Å². The van der Waals surface area contributed by atoms with Crippen LogP contribution in [0.5, 0.6) is 0 Å². The van der Waals surface area contributed by atoms with Gasteiger partial charge < -0.3 is 11.1 Å². The molecule has 1 heterocycles. The summed E-state index contributed by atoms with van der Waals surface area (Å²) in [4.78, 5) is 25.1. The normalized spacial score (nSPS) is 13.0. The molecule has 1 aliphatic carbocycles. The second-order valence-corrected chi connectivity index (χ2v) is 7.21. The molecule has 0 unspecified atom stereocenters. The van der Waals surface area contributed by atoms with Crippen LogP contribution in [0, 0.1) is 5.82 Å². The van der Waals surface area contributed by atoms with E-state index >= 15 is 0 Å². The molecule has 0 saturated carbocycles. The maximum absolute atomic E-state index is 13.2. The van der Waals surface area contributed by atoms with E-state index in [1.165, 1.54) is 29.5 Å². The molecule has 5 nitrogen and oxygen atoms in total. The van der Waals surface area contributed by atoms with E-state index in [1.807, 2.05) is 0 Å². The van der Waals surface area contributed by atoms with Crippen LogP contribution in [-0.4, -0.2) is 16.9 Å². The quantitative estimate of drug-likeness (QED) is 0.718. The average molecular weight is 377 g/mol. The number of primary amides is 1. The van der Waals surface area contributed by atoms with Crippen molar-refractivity contribution in [1.29, 1.82) is 0 Å². The number of nitrogens with one attached hydrogen (secondary N) is 2. The molecule has 0 spiro atoms. The molecule has 1 aromatic heterocycles. The first-order valence-corrected chi connectivity index (χ1v) is 9.00. The van der Waals surface area contributed by atoms with Crippen LogP contribution in [0.3, 0.4) is 0 Å². The SMILES string of the molecule is NC(=O)c1c(NC(=S)NC(=O)c2cccc(F)c2)sc2c1CCCC2. The number of carbonyl (C=O) groups excluding carboxylic acids is 2. The lowest BCUT2D eigenvalue weighted by atomic mass is 9.95. The van der Waals surface area contributed by atoms with Gasteiger partial charge in [0.25, 0.3) is 11.8 Å². The Labute approximate surface area is 153 Å². The van der Waals surface area contributed by atoms with Crippen molar-refractivity contribution in [2.75, 3.05) is 5.32 Å². The molecule has 2 amide bonds. The van der Waals surface area contributed by atoms with Gasteiger partial charge in [-0.15, -0.1) is 11.3 Å². The number of carbonyl (C=O) groups is 2. The third-order valence-electron chi connectivity index (χ3n) is 3.96. The van der Waals surface area contributed by atoms with Crippen LogP contribution in [0.15, 0.2) is 24.3 Å². The van der Waals surface area contributed by atoms with Crippen molar-refractivity contribution in [2.24, 2.45) is 5.73 Å². The molecule has 0 bridgehead atoms. The van der Waals surface area contributed by atoms with Gasteiger partial charge in [0.15, 0.2) is 5.11 Å². The molecule has 4 N–H and O–H groups in total. The first-order valence-electron chi connectivity index (χ1n) is 7.78. The first kappa shape index (κ1) is 17.5. The highest BCUT2D eigenvalue weighted by atomic mass is 32.1. The standard InChI is InChI=1S/C17H16FN3O2S2/c18-10-5-3-4-9(8-10)15(23)20-17(24)21-16-13(14(19)22)11-6-1-2-7-12(11)25-16/h3-5,8H,1-2,6-7H2,(H2,19,22)(H2,20,21,23,24). The van der Waals surface area contributed by atoms with Crippen molar-refractivity contribution in [3.63, 3.8) is 0 Å². The van der Waals surface area contributed by atoms with E-state index in [9.17, 15) is 14.0 Å². The molecule has 2 aromatic rings. The van der Waals surface area contributed by atoms with Gasteiger partial charge in [0.05, 0.1) is 5.56 Å². The number of hydrogen-bond acceptors (Lipinski definition) is 4. The lowest BCUT2D eigenvalue weighted by molar-refractivity contribution is 0.0975. The van der Waals surface area contributed by atoms with E-state index in [2.05, 4.69) is 10.6 Å². The minimum Gasteiger partial charge on any atom is -0.365 e. The summed E-state index contributed by atoms with van der Waals surface area (Å²) >= 11 is 6.58. The van der Waals surface area contributed by atoms with Crippen molar-refractivity contribution in [3.8, 4) is 0 Å². The Balaban J connectivity index is 1.76. The number of anilines is 1. The topological polar surface area (TPSA) is 84.2 Å². The van der Waals surface area contributed by atoms with Crippen molar-refractivity contribution in [3.05, 3.63) is 51.7 Å². The van der Waals surface area contributed by atoms with Crippen LogP contribution in [0.4, 0.5) is 9.39 Å². The number of amides is 2. The number of thiocarbonyl (C=S) groups is 1.